The third-order valence-electron chi connectivity index (χ3n) is 5.70. The van der Waals surface area contributed by atoms with E-state index < -0.39 is 0 Å². The molecule has 24 heavy (non-hydrogen) atoms. The molecule has 1 amide bonds. The van der Waals surface area contributed by atoms with Crippen molar-refractivity contribution in [2.75, 3.05) is 25.1 Å². The van der Waals surface area contributed by atoms with Gasteiger partial charge in [0.2, 0.25) is 0 Å². The summed E-state index contributed by atoms with van der Waals surface area (Å²) < 4.78 is 11.0. The first-order valence-corrected chi connectivity index (χ1v) is 9.12. The van der Waals surface area contributed by atoms with Gasteiger partial charge >= 0.3 is 6.09 Å². The lowest BCUT2D eigenvalue weighted by atomic mass is 9.98. The molecular weight excluding hydrogens is 304 g/mol. The van der Waals surface area contributed by atoms with E-state index in [1.54, 1.807) is 7.11 Å². The van der Waals surface area contributed by atoms with Crippen molar-refractivity contribution in [1.82, 2.24) is 4.90 Å². The van der Waals surface area contributed by atoms with Crippen molar-refractivity contribution in [3.63, 3.8) is 0 Å². The van der Waals surface area contributed by atoms with E-state index in [9.17, 15) is 4.79 Å². The van der Waals surface area contributed by atoms with Gasteiger partial charge in [0, 0.05) is 24.8 Å². The third kappa shape index (κ3) is 2.92. The molecule has 1 aliphatic carbocycles. The van der Waals surface area contributed by atoms with Crippen molar-refractivity contribution < 1.29 is 14.3 Å². The molecule has 2 heterocycles. The number of ether oxygens (including phenoxy) is 2. The van der Waals surface area contributed by atoms with Crippen LogP contribution in [0.2, 0.25) is 0 Å². The third-order valence-corrected chi connectivity index (χ3v) is 5.70. The Morgan fingerprint density at radius 3 is 2.42 bits per heavy atom. The predicted molar refractivity (Wildman–Crippen MR) is 92.6 cm³/mol. The molecule has 0 N–H and O–H groups in total. The summed E-state index contributed by atoms with van der Waals surface area (Å²) in [7, 11) is 1.68. The molecule has 4 rings (SSSR count). The summed E-state index contributed by atoms with van der Waals surface area (Å²) >= 11 is 0. The van der Waals surface area contributed by atoms with Crippen LogP contribution in [0.3, 0.4) is 0 Å². The predicted octanol–water partition coefficient (Wildman–Crippen LogP) is 3.43. The van der Waals surface area contributed by atoms with Crippen LogP contribution in [0.1, 0.15) is 38.5 Å². The van der Waals surface area contributed by atoms with Crippen LogP contribution in [-0.4, -0.2) is 49.4 Å². The summed E-state index contributed by atoms with van der Waals surface area (Å²) in [6, 6.07) is 8.89. The minimum Gasteiger partial charge on any atom is -0.497 e. The highest BCUT2D eigenvalue weighted by Gasteiger charge is 2.46. The van der Waals surface area contributed by atoms with E-state index in [-0.39, 0.29) is 18.2 Å². The van der Waals surface area contributed by atoms with E-state index in [4.69, 9.17) is 9.47 Å². The maximum absolute atomic E-state index is 12.5. The van der Waals surface area contributed by atoms with Crippen LogP contribution in [0.25, 0.3) is 0 Å². The summed E-state index contributed by atoms with van der Waals surface area (Å²) in [4.78, 5) is 16.9. The number of anilines is 1. The first-order chi connectivity index (χ1) is 11.7. The number of hydrogen-bond donors (Lipinski definition) is 0. The Balaban J connectivity index is 1.35. The molecular formula is C19H26N2O3. The largest absolute Gasteiger partial charge is 0.497 e. The van der Waals surface area contributed by atoms with E-state index >= 15 is 0 Å². The Morgan fingerprint density at radius 1 is 1.04 bits per heavy atom. The molecule has 3 aliphatic rings. The van der Waals surface area contributed by atoms with Gasteiger partial charge in [0.25, 0.3) is 0 Å². The topological polar surface area (TPSA) is 42.0 Å². The average Bonchev–Trinajstić information content (AvgIpc) is 3.23. The van der Waals surface area contributed by atoms with Gasteiger partial charge < -0.3 is 19.3 Å². The van der Waals surface area contributed by atoms with Crippen molar-refractivity contribution in [2.45, 2.75) is 56.7 Å². The standard InChI is InChI=1S/C19H26N2O3/c1-23-17-9-7-14(8-10-17)20-12-16-11-15(20)13-21(16)19(22)24-18-5-3-2-4-6-18/h7-10,15-16,18H,2-6,11-13H2,1H3/t15-,16-/m1/s1. The first-order valence-electron chi connectivity index (χ1n) is 9.12. The number of benzene rings is 1. The Bertz CT molecular complexity index is 583. The number of methoxy groups -OCH3 is 1. The number of hydrogen-bond acceptors (Lipinski definition) is 4. The molecule has 5 nitrogen and oxygen atoms in total. The number of carbonyl (C=O) groups is 1. The molecule has 130 valence electrons. The molecule has 3 fully saturated rings. The van der Waals surface area contributed by atoms with Crippen LogP contribution >= 0.6 is 0 Å². The summed E-state index contributed by atoms with van der Waals surface area (Å²) in [6.45, 7) is 1.68. The molecule has 1 saturated carbocycles. The zero-order valence-corrected chi connectivity index (χ0v) is 14.3. The van der Waals surface area contributed by atoms with E-state index in [1.165, 1.54) is 24.9 Å². The number of rotatable bonds is 3. The Morgan fingerprint density at radius 2 is 1.79 bits per heavy atom. The van der Waals surface area contributed by atoms with Gasteiger partial charge in [0.1, 0.15) is 11.9 Å². The van der Waals surface area contributed by atoms with Crippen molar-refractivity contribution in [2.24, 2.45) is 0 Å². The van der Waals surface area contributed by atoms with Crippen molar-refractivity contribution in [3.8, 4) is 5.75 Å². The molecule has 2 atom stereocenters. The second-order valence-electron chi connectivity index (χ2n) is 7.19. The molecule has 0 radical (unpaired) electrons. The number of nitrogens with zero attached hydrogens (tertiary/aromatic N) is 2. The zero-order valence-electron chi connectivity index (χ0n) is 14.3. The Labute approximate surface area is 143 Å². The highest BCUT2D eigenvalue weighted by Crippen LogP contribution is 2.36. The smallest absolute Gasteiger partial charge is 0.410 e. The van der Waals surface area contributed by atoms with Gasteiger partial charge in [-0.2, -0.15) is 0 Å². The molecule has 2 bridgehead atoms. The minimum atomic E-state index is -0.0937. The number of fused-ring (bicyclic) bond motifs is 2. The molecule has 0 spiro atoms. The van der Waals surface area contributed by atoms with Crippen LogP contribution < -0.4 is 9.64 Å². The summed E-state index contributed by atoms with van der Waals surface area (Å²) in [5.41, 5.74) is 1.21. The molecule has 5 heteroatoms. The summed E-state index contributed by atoms with van der Waals surface area (Å²) in [5, 5.41) is 0. The summed E-state index contributed by atoms with van der Waals surface area (Å²) in [6.07, 6.45) is 6.82. The van der Waals surface area contributed by atoms with Gasteiger partial charge in [-0.25, -0.2) is 4.79 Å². The van der Waals surface area contributed by atoms with Crippen LogP contribution in [0.4, 0.5) is 10.5 Å². The van der Waals surface area contributed by atoms with Gasteiger partial charge in [0.15, 0.2) is 0 Å². The fourth-order valence-corrected chi connectivity index (χ4v) is 4.37. The normalized spacial score (nSPS) is 26.7. The lowest BCUT2D eigenvalue weighted by Gasteiger charge is -2.36. The van der Waals surface area contributed by atoms with Crippen molar-refractivity contribution in [3.05, 3.63) is 24.3 Å². The highest BCUT2D eigenvalue weighted by molar-refractivity contribution is 5.70. The molecule has 1 aromatic rings. The number of likely N-dealkylation sites (tertiary alicyclic amines) is 1. The lowest BCUT2D eigenvalue weighted by molar-refractivity contribution is 0.0418. The number of amides is 1. The summed E-state index contributed by atoms with van der Waals surface area (Å²) in [5.74, 6) is 0.876. The molecule has 1 aromatic carbocycles. The van der Waals surface area contributed by atoms with E-state index in [1.807, 2.05) is 17.0 Å². The van der Waals surface area contributed by atoms with Crippen molar-refractivity contribution in [1.29, 1.82) is 0 Å². The van der Waals surface area contributed by atoms with E-state index in [0.717, 1.165) is 38.1 Å². The average molecular weight is 330 g/mol. The van der Waals surface area contributed by atoms with Gasteiger partial charge in [-0.05, 0) is 56.4 Å². The van der Waals surface area contributed by atoms with Crippen LogP contribution in [0.5, 0.6) is 5.75 Å². The van der Waals surface area contributed by atoms with Crippen LogP contribution in [-0.2, 0) is 4.74 Å². The Hall–Kier alpha value is -1.91. The number of carbonyl (C=O) groups excluding carboxylic acids is 1. The van der Waals surface area contributed by atoms with Crippen LogP contribution in [0, 0.1) is 0 Å². The number of piperazine rings is 1. The quantitative estimate of drug-likeness (QED) is 0.851. The second kappa shape index (κ2) is 6.54. The highest BCUT2D eigenvalue weighted by atomic mass is 16.6. The van der Waals surface area contributed by atoms with Gasteiger partial charge in [0.05, 0.1) is 13.2 Å². The maximum atomic E-state index is 12.5. The first kappa shape index (κ1) is 15.6. The molecule has 0 aromatic heterocycles. The van der Waals surface area contributed by atoms with Gasteiger partial charge in [-0.1, -0.05) is 6.42 Å². The fourth-order valence-electron chi connectivity index (χ4n) is 4.37. The SMILES string of the molecule is COc1ccc(N2C[C@H]3C[C@@H]2CN3C(=O)OC2CCCCC2)cc1. The maximum Gasteiger partial charge on any atom is 0.410 e. The molecule has 2 saturated heterocycles. The lowest BCUT2D eigenvalue weighted by Crippen LogP contribution is -2.49. The molecule has 0 unspecified atom stereocenters. The fraction of sp³-hybridized carbons (Fsp3) is 0.632. The minimum absolute atomic E-state index is 0.0937. The van der Waals surface area contributed by atoms with E-state index in [2.05, 4.69) is 17.0 Å². The van der Waals surface area contributed by atoms with Crippen molar-refractivity contribution >= 4 is 11.8 Å². The van der Waals surface area contributed by atoms with Gasteiger partial charge in [-0.3, -0.25) is 0 Å². The second-order valence-corrected chi connectivity index (χ2v) is 7.19. The van der Waals surface area contributed by atoms with Crippen LogP contribution in [0.15, 0.2) is 24.3 Å². The monoisotopic (exact) mass is 330 g/mol. The van der Waals surface area contributed by atoms with E-state index in [0.29, 0.717) is 6.04 Å². The zero-order chi connectivity index (χ0) is 16.5. The molecule has 2 aliphatic heterocycles. The van der Waals surface area contributed by atoms with Gasteiger partial charge in [-0.15, -0.1) is 0 Å². The Kier molecular flexibility index (Phi) is 4.25.